The predicted octanol–water partition coefficient (Wildman–Crippen LogP) is 13.6. The molecule has 10 unspecified atom stereocenters. The summed E-state index contributed by atoms with van der Waals surface area (Å²) in [6.07, 6.45) is 29.6. The fraction of sp³-hybridized carbons (Fsp3) is 0.924. The number of phosphoric acid groups is 2. The maximum absolute atomic E-state index is 14.1. The van der Waals surface area contributed by atoms with Crippen LogP contribution in [0.4, 0.5) is 0 Å². The Morgan fingerprint density at radius 3 is 1.45 bits per heavy atom. The lowest BCUT2D eigenvalue weighted by atomic mass is 9.95. The van der Waals surface area contributed by atoms with Crippen molar-refractivity contribution < 1.29 is 90.4 Å². The molecule has 23 heteroatoms. The van der Waals surface area contributed by atoms with Crippen LogP contribution in [0.3, 0.4) is 0 Å². The molecule has 2 heterocycles. The number of ketones is 1. The Kier molecular flexibility index (Phi) is 49.2. The Labute approximate surface area is 536 Å². The van der Waals surface area contributed by atoms with E-state index in [9.17, 15) is 48.2 Å². The number of carbonyl (C=O) groups excluding carboxylic acids is 3. The zero-order chi connectivity index (χ0) is 65.4. The van der Waals surface area contributed by atoms with Crippen molar-refractivity contribution in [3.63, 3.8) is 0 Å². The Bertz CT molecular complexity index is 1900. The van der Waals surface area contributed by atoms with Crippen molar-refractivity contribution in [1.82, 2.24) is 10.6 Å². The van der Waals surface area contributed by atoms with Gasteiger partial charge in [-0.15, -0.1) is 0 Å². The van der Waals surface area contributed by atoms with Crippen LogP contribution in [0.25, 0.3) is 0 Å². The number of Topliss-reactive ketones (excluding diaryl/α,β-unsaturated/α-hetero) is 1. The second-order valence-electron chi connectivity index (χ2n) is 24.8. The molecule has 2 fully saturated rings. The molecule has 11 atom stereocenters. The molecular formula is C66H126N2O19P2. The third-order valence-corrected chi connectivity index (χ3v) is 17.8. The molecule has 0 spiro atoms. The molecule has 0 saturated carbocycles. The summed E-state index contributed by atoms with van der Waals surface area (Å²) < 4.78 is 79.3. The first kappa shape index (κ1) is 83.3. The number of methoxy groups -OCH3 is 2. The first-order chi connectivity index (χ1) is 42.9. The van der Waals surface area contributed by atoms with Gasteiger partial charge in [0.2, 0.25) is 11.8 Å². The highest BCUT2D eigenvalue weighted by Crippen LogP contribution is 2.44. The van der Waals surface area contributed by atoms with E-state index < -0.39 is 102 Å². The number of nitrogens with one attached hydrogen (secondary N) is 2. The van der Waals surface area contributed by atoms with E-state index in [1.165, 1.54) is 58.5 Å². The van der Waals surface area contributed by atoms with Crippen molar-refractivity contribution in [2.45, 2.75) is 352 Å². The molecule has 0 aromatic heterocycles. The highest BCUT2D eigenvalue weighted by atomic mass is 31.2. The standard InChI is InChI=1S/C66H126N2O19P2/c1-7-11-15-19-22-25-26-27-28-29-30-32-34-38-42-46-57(70)67-60-64(82-49-47-54(80-6)45-41-36-18-14-10-4)62(86-88(73,74)75)56(51-79-5)85-65(60)83-52-55-61(72)63(81-48-43-39-35-24-21-17-13-9-3)59(66(84-55)87-89(76,77)78)68-58(71)50-53(69)44-40-37-33-31-23-20-16-12-8-2/h25-26,54-56,59-66,72H,7-24,27-52H2,1-6H3,(H,67,70)(H,68,71)(H2,73,74,75)(H2,76,77,78)/b26-25-/t54-,55?,56?,59?,60?,61?,62?,63?,64?,65?,66?/m1/s1. The number of carbonyl (C=O) groups is 3. The van der Waals surface area contributed by atoms with Gasteiger partial charge in [0.1, 0.15) is 54.5 Å². The van der Waals surface area contributed by atoms with E-state index in [0.717, 1.165) is 161 Å². The molecule has 2 amide bonds. The number of hydrogen-bond acceptors (Lipinski definition) is 15. The molecule has 524 valence electrons. The smallest absolute Gasteiger partial charge is 0.388 e. The average molecular weight is 1310 g/mol. The van der Waals surface area contributed by atoms with E-state index in [1.54, 1.807) is 7.11 Å². The van der Waals surface area contributed by atoms with E-state index in [1.807, 2.05) is 0 Å². The molecule has 89 heavy (non-hydrogen) atoms. The quantitative estimate of drug-likeness (QED) is 0.0129. The van der Waals surface area contributed by atoms with Gasteiger partial charge in [0, 0.05) is 40.3 Å². The van der Waals surface area contributed by atoms with E-state index in [-0.39, 0.29) is 44.5 Å². The Balaban J connectivity index is 2.45. The number of ether oxygens (including phenoxy) is 7. The van der Waals surface area contributed by atoms with Crippen molar-refractivity contribution in [1.29, 1.82) is 0 Å². The molecule has 2 aliphatic heterocycles. The minimum absolute atomic E-state index is 0.00889. The topological polar surface area (TPSA) is 294 Å². The number of allylic oxidation sites excluding steroid dienone is 2. The fourth-order valence-electron chi connectivity index (χ4n) is 11.7. The summed E-state index contributed by atoms with van der Waals surface area (Å²) in [6.45, 7) is 7.91. The molecule has 7 N–H and O–H groups in total. The number of unbranched alkanes of at least 4 members (excludes halogenated alkanes) is 30. The zero-order valence-electron chi connectivity index (χ0n) is 56.0. The van der Waals surface area contributed by atoms with Crippen LogP contribution in [-0.2, 0) is 65.7 Å². The molecule has 0 radical (unpaired) electrons. The lowest BCUT2D eigenvalue weighted by Crippen LogP contribution is -2.67. The molecule has 0 bridgehead atoms. The molecule has 2 rings (SSSR count). The second kappa shape index (κ2) is 52.5. The van der Waals surface area contributed by atoms with Crippen LogP contribution in [-0.4, -0.2) is 150 Å². The highest BCUT2D eigenvalue weighted by Gasteiger charge is 2.53. The van der Waals surface area contributed by atoms with Gasteiger partial charge in [-0.25, -0.2) is 9.13 Å². The van der Waals surface area contributed by atoms with Crippen molar-refractivity contribution in [2.24, 2.45) is 0 Å². The van der Waals surface area contributed by atoms with Gasteiger partial charge in [-0.3, -0.25) is 23.4 Å². The predicted molar refractivity (Wildman–Crippen MR) is 347 cm³/mol. The minimum atomic E-state index is -5.39. The van der Waals surface area contributed by atoms with Crippen molar-refractivity contribution in [3.8, 4) is 0 Å². The SMILES string of the molecule is CCCCCC/C=C\CCCCCCCCCC(=O)NC1C(OCC2OC(OP(=O)(O)O)C(NC(=O)CC(=O)CCCCCCCCCCC)C(OCCCCCCCCCC)C2O)OC(COC)C(OP(=O)(O)O)C1OCC[C@@H](CCCCCCC)OC. The first-order valence-corrected chi connectivity index (χ1v) is 38.1. The summed E-state index contributed by atoms with van der Waals surface area (Å²) >= 11 is 0. The summed E-state index contributed by atoms with van der Waals surface area (Å²) in [6, 6.07) is -2.84. The van der Waals surface area contributed by atoms with Gasteiger partial charge in [0.05, 0.1) is 25.7 Å². The average Bonchev–Trinajstić information content (AvgIpc) is 0.966. The van der Waals surface area contributed by atoms with Crippen LogP contribution in [0.5, 0.6) is 0 Å². The minimum Gasteiger partial charge on any atom is -0.388 e. The monoisotopic (exact) mass is 1310 g/mol. The van der Waals surface area contributed by atoms with Crippen LogP contribution in [0.1, 0.15) is 285 Å². The van der Waals surface area contributed by atoms with E-state index >= 15 is 0 Å². The zero-order valence-corrected chi connectivity index (χ0v) is 57.8. The Hall–Kier alpha value is -1.75. The summed E-state index contributed by atoms with van der Waals surface area (Å²) in [5.41, 5.74) is 0. The molecule has 2 aliphatic rings. The second-order valence-corrected chi connectivity index (χ2v) is 27.2. The number of aliphatic hydroxyl groups excluding tert-OH is 1. The molecule has 0 aliphatic carbocycles. The molecule has 21 nitrogen and oxygen atoms in total. The van der Waals surface area contributed by atoms with Crippen molar-refractivity contribution in [2.75, 3.05) is 40.6 Å². The van der Waals surface area contributed by atoms with Crippen LogP contribution in [0.15, 0.2) is 12.2 Å². The number of aliphatic hydroxyl groups is 1. The van der Waals surface area contributed by atoms with Crippen molar-refractivity contribution in [3.05, 3.63) is 12.2 Å². The summed E-state index contributed by atoms with van der Waals surface area (Å²) in [4.78, 5) is 82.2. The molecule has 0 aromatic rings. The Morgan fingerprint density at radius 1 is 0.472 bits per heavy atom. The van der Waals surface area contributed by atoms with Crippen LogP contribution < -0.4 is 10.6 Å². The van der Waals surface area contributed by atoms with Gasteiger partial charge in [0.25, 0.3) is 0 Å². The molecular weight excluding hydrogens is 1190 g/mol. The number of hydrogen-bond donors (Lipinski definition) is 7. The summed E-state index contributed by atoms with van der Waals surface area (Å²) in [7, 11) is -7.69. The molecule has 0 aromatic carbocycles. The maximum atomic E-state index is 14.1. The lowest BCUT2D eigenvalue weighted by Gasteiger charge is -2.47. The lowest BCUT2D eigenvalue weighted by molar-refractivity contribution is -0.301. The van der Waals surface area contributed by atoms with Gasteiger partial charge in [-0.05, 0) is 57.8 Å². The van der Waals surface area contributed by atoms with E-state index in [0.29, 0.717) is 25.7 Å². The number of phosphoric ester groups is 2. The van der Waals surface area contributed by atoms with Crippen LogP contribution in [0.2, 0.25) is 0 Å². The fourth-order valence-corrected chi connectivity index (χ4v) is 12.7. The Morgan fingerprint density at radius 2 is 0.921 bits per heavy atom. The van der Waals surface area contributed by atoms with Gasteiger partial charge < -0.3 is 68.5 Å². The largest absolute Gasteiger partial charge is 0.472 e. The molecule has 2 saturated heterocycles. The maximum Gasteiger partial charge on any atom is 0.472 e. The number of rotatable bonds is 59. The van der Waals surface area contributed by atoms with Gasteiger partial charge in [-0.1, -0.05) is 220 Å². The van der Waals surface area contributed by atoms with Gasteiger partial charge >= 0.3 is 15.6 Å². The van der Waals surface area contributed by atoms with Gasteiger partial charge in [-0.2, -0.15) is 0 Å². The normalized spacial score (nSPS) is 22.9. The summed E-state index contributed by atoms with van der Waals surface area (Å²) in [5, 5.41) is 17.9. The van der Waals surface area contributed by atoms with Crippen LogP contribution in [0, 0.1) is 0 Å². The van der Waals surface area contributed by atoms with Gasteiger partial charge in [0.15, 0.2) is 12.6 Å². The van der Waals surface area contributed by atoms with E-state index in [2.05, 4.69) is 50.5 Å². The number of amides is 2. The summed E-state index contributed by atoms with van der Waals surface area (Å²) in [5.74, 6) is -1.52. The third-order valence-electron chi connectivity index (χ3n) is 16.8. The third kappa shape index (κ3) is 41.0. The van der Waals surface area contributed by atoms with Crippen molar-refractivity contribution >= 4 is 33.2 Å². The van der Waals surface area contributed by atoms with E-state index in [4.69, 9.17) is 42.2 Å². The first-order valence-electron chi connectivity index (χ1n) is 35.0. The van der Waals surface area contributed by atoms with Crippen LogP contribution >= 0.6 is 15.6 Å². The highest BCUT2D eigenvalue weighted by molar-refractivity contribution is 7.46.